The number of nitrogens with one attached hydrogen (secondary N) is 1. The van der Waals surface area contributed by atoms with Gasteiger partial charge < -0.3 is 5.11 Å². The van der Waals surface area contributed by atoms with Gasteiger partial charge in [0.15, 0.2) is 0 Å². The number of hydrazone groups is 1. The number of rotatable bonds is 5. The molecule has 1 amide bonds. The standard InChI is InChI=1S/C16H14Cl2N2O2/c17-13-8-12(16(22)14(18)9-13)10-19-20-15(21)7-6-11-4-2-1-3-5-11/h1-5,8-10,22H,6-7H2,(H,20,21). The normalized spacial score (nSPS) is 10.8. The molecule has 2 aromatic rings. The molecule has 114 valence electrons. The molecule has 0 heterocycles. The van der Waals surface area contributed by atoms with Crippen molar-refractivity contribution < 1.29 is 9.90 Å². The first-order valence-corrected chi connectivity index (χ1v) is 7.35. The topological polar surface area (TPSA) is 61.7 Å². The zero-order valence-corrected chi connectivity index (χ0v) is 13.1. The van der Waals surface area contributed by atoms with Gasteiger partial charge in [-0.2, -0.15) is 5.10 Å². The van der Waals surface area contributed by atoms with Gasteiger partial charge in [0.25, 0.3) is 0 Å². The van der Waals surface area contributed by atoms with Crippen LogP contribution in [0, 0.1) is 0 Å². The second kappa shape index (κ2) is 7.82. The number of benzene rings is 2. The van der Waals surface area contributed by atoms with Gasteiger partial charge in [0.2, 0.25) is 5.91 Å². The van der Waals surface area contributed by atoms with Gasteiger partial charge in [-0.1, -0.05) is 53.5 Å². The molecule has 0 radical (unpaired) electrons. The maximum atomic E-state index is 11.7. The average molecular weight is 337 g/mol. The molecule has 0 aliphatic rings. The summed E-state index contributed by atoms with van der Waals surface area (Å²) in [7, 11) is 0. The fourth-order valence-corrected chi connectivity index (χ4v) is 2.33. The van der Waals surface area contributed by atoms with Gasteiger partial charge in [0.05, 0.1) is 11.2 Å². The maximum absolute atomic E-state index is 11.7. The van der Waals surface area contributed by atoms with Crippen LogP contribution in [0.4, 0.5) is 0 Å². The van der Waals surface area contributed by atoms with Crippen molar-refractivity contribution >= 4 is 35.3 Å². The number of phenols is 1. The zero-order chi connectivity index (χ0) is 15.9. The molecule has 2 rings (SSSR count). The smallest absolute Gasteiger partial charge is 0.240 e. The molecule has 0 aromatic heterocycles. The van der Waals surface area contributed by atoms with Gasteiger partial charge in [0, 0.05) is 17.0 Å². The molecule has 0 aliphatic carbocycles. The number of hydrogen-bond acceptors (Lipinski definition) is 3. The van der Waals surface area contributed by atoms with Crippen molar-refractivity contribution in [1.82, 2.24) is 5.43 Å². The summed E-state index contributed by atoms with van der Waals surface area (Å²) < 4.78 is 0. The van der Waals surface area contributed by atoms with Crippen LogP contribution in [0.5, 0.6) is 5.75 Å². The highest BCUT2D eigenvalue weighted by atomic mass is 35.5. The first-order valence-electron chi connectivity index (χ1n) is 6.60. The number of amides is 1. The Labute approximate surface area is 138 Å². The van der Waals surface area contributed by atoms with Gasteiger partial charge in [0.1, 0.15) is 5.75 Å². The highest BCUT2D eigenvalue weighted by molar-refractivity contribution is 6.36. The SMILES string of the molecule is O=C(CCc1ccccc1)NN=Cc1cc(Cl)cc(Cl)c1O. The van der Waals surface area contributed by atoms with E-state index in [1.807, 2.05) is 30.3 Å². The van der Waals surface area contributed by atoms with E-state index in [1.54, 1.807) is 0 Å². The molecule has 0 saturated carbocycles. The molecule has 0 spiro atoms. The van der Waals surface area contributed by atoms with Gasteiger partial charge >= 0.3 is 0 Å². The minimum absolute atomic E-state index is 0.129. The zero-order valence-electron chi connectivity index (χ0n) is 11.6. The third-order valence-corrected chi connectivity index (χ3v) is 3.44. The van der Waals surface area contributed by atoms with Crippen molar-refractivity contribution in [3.63, 3.8) is 0 Å². The number of aryl methyl sites for hydroxylation is 1. The van der Waals surface area contributed by atoms with Crippen molar-refractivity contribution in [3.05, 3.63) is 63.6 Å². The Hall–Kier alpha value is -2.04. The molecule has 0 fully saturated rings. The quantitative estimate of drug-likeness (QED) is 0.644. The van der Waals surface area contributed by atoms with Crippen LogP contribution in [0.15, 0.2) is 47.6 Å². The van der Waals surface area contributed by atoms with E-state index in [0.29, 0.717) is 23.4 Å². The number of phenolic OH excluding ortho intramolecular Hbond substituents is 1. The summed E-state index contributed by atoms with van der Waals surface area (Å²) in [6.07, 6.45) is 2.26. The fraction of sp³-hybridized carbons (Fsp3) is 0.125. The van der Waals surface area contributed by atoms with Crippen LogP contribution in [0.25, 0.3) is 0 Å². The highest BCUT2D eigenvalue weighted by Crippen LogP contribution is 2.29. The fourth-order valence-electron chi connectivity index (χ4n) is 1.82. The summed E-state index contributed by atoms with van der Waals surface area (Å²) in [6, 6.07) is 12.6. The van der Waals surface area contributed by atoms with Crippen LogP contribution in [0.2, 0.25) is 10.0 Å². The minimum atomic E-state index is -0.215. The van der Waals surface area contributed by atoms with Crippen LogP contribution in [0.3, 0.4) is 0 Å². The number of aromatic hydroxyl groups is 1. The van der Waals surface area contributed by atoms with E-state index in [4.69, 9.17) is 23.2 Å². The molecule has 2 aromatic carbocycles. The Kier molecular flexibility index (Phi) is 5.81. The molecule has 0 aliphatic heterocycles. The van der Waals surface area contributed by atoms with E-state index in [9.17, 15) is 9.90 Å². The van der Waals surface area contributed by atoms with E-state index >= 15 is 0 Å². The first-order chi connectivity index (χ1) is 10.6. The second-order valence-electron chi connectivity index (χ2n) is 4.60. The molecule has 0 atom stereocenters. The summed E-state index contributed by atoms with van der Waals surface area (Å²) in [6.45, 7) is 0. The van der Waals surface area contributed by atoms with Crippen LogP contribution >= 0.6 is 23.2 Å². The highest BCUT2D eigenvalue weighted by Gasteiger charge is 2.06. The average Bonchev–Trinajstić information content (AvgIpc) is 2.51. The molecular formula is C16H14Cl2N2O2. The van der Waals surface area contributed by atoms with Crippen molar-refractivity contribution in [2.75, 3.05) is 0 Å². The largest absolute Gasteiger partial charge is 0.506 e. The molecule has 0 bridgehead atoms. The van der Waals surface area contributed by atoms with E-state index in [1.165, 1.54) is 18.3 Å². The number of carbonyl (C=O) groups excluding carboxylic acids is 1. The lowest BCUT2D eigenvalue weighted by Crippen LogP contribution is -2.17. The molecule has 4 nitrogen and oxygen atoms in total. The molecule has 22 heavy (non-hydrogen) atoms. The number of carbonyl (C=O) groups is 1. The first kappa shape index (κ1) is 16.3. The summed E-state index contributed by atoms with van der Waals surface area (Å²) in [5.74, 6) is -0.346. The molecule has 0 unspecified atom stereocenters. The van der Waals surface area contributed by atoms with Crippen molar-refractivity contribution in [2.24, 2.45) is 5.10 Å². The van der Waals surface area contributed by atoms with Gasteiger partial charge in [-0.3, -0.25) is 4.79 Å². The van der Waals surface area contributed by atoms with Crippen molar-refractivity contribution in [1.29, 1.82) is 0 Å². The van der Waals surface area contributed by atoms with Crippen LogP contribution in [-0.2, 0) is 11.2 Å². The second-order valence-corrected chi connectivity index (χ2v) is 5.45. The van der Waals surface area contributed by atoms with E-state index in [2.05, 4.69) is 10.5 Å². The molecular weight excluding hydrogens is 323 g/mol. The Morgan fingerprint density at radius 2 is 1.95 bits per heavy atom. The Bertz CT molecular complexity index is 688. The summed E-state index contributed by atoms with van der Waals surface area (Å²) in [5, 5.41) is 14.0. The van der Waals surface area contributed by atoms with E-state index in [0.717, 1.165) is 5.56 Å². The van der Waals surface area contributed by atoms with Crippen LogP contribution in [-0.4, -0.2) is 17.2 Å². The summed E-state index contributed by atoms with van der Waals surface area (Å²) in [4.78, 5) is 11.7. The molecule has 2 N–H and O–H groups in total. The minimum Gasteiger partial charge on any atom is -0.506 e. The third kappa shape index (κ3) is 4.76. The van der Waals surface area contributed by atoms with E-state index in [-0.39, 0.29) is 16.7 Å². The van der Waals surface area contributed by atoms with Gasteiger partial charge in [-0.05, 0) is 24.1 Å². The maximum Gasteiger partial charge on any atom is 0.240 e. The van der Waals surface area contributed by atoms with E-state index < -0.39 is 0 Å². The lowest BCUT2D eigenvalue weighted by Gasteiger charge is -2.03. The number of nitrogens with zero attached hydrogens (tertiary/aromatic N) is 1. The summed E-state index contributed by atoms with van der Waals surface area (Å²) in [5.41, 5.74) is 3.82. The lowest BCUT2D eigenvalue weighted by molar-refractivity contribution is -0.121. The lowest BCUT2D eigenvalue weighted by atomic mass is 10.1. The molecule has 6 heteroatoms. The van der Waals surface area contributed by atoms with Crippen molar-refractivity contribution in [3.8, 4) is 5.75 Å². The molecule has 0 saturated heterocycles. The Morgan fingerprint density at radius 3 is 2.68 bits per heavy atom. The Balaban J connectivity index is 1.88. The van der Waals surface area contributed by atoms with Crippen molar-refractivity contribution in [2.45, 2.75) is 12.8 Å². The third-order valence-electron chi connectivity index (χ3n) is 2.93. The summed E-state index contributed by atoms with van der Waals surface area (Å²) >= 11 is 11.6. The number of halogens is 2. The predicted octanol–water partition coefficient (Wildman–Crippen LogP) is 3.78. The Morgan fingerprint density at radius 1 is 1.23 bits per heavy atom. The monoisotopic (exact) mass is 336 g/mol. The van der Waals surface area contributed by atoms with Gasteiger partial charge in [-0.25, -0.2) is 5.43 Å². The van der Waals surface area contributed by atoms with Crippen LogP contribution in [0.1, 0.15) is 17.5 Å². The van der Waals surface area contributed by atoms with Crippen LogP contribution < -0.4 is 5.43 Å². The number of hydrogen-bond donors (Lipinski definition) is 2. The van der Waals surface area contributed by atoms with Gasteiger partial charge in [-0.15, -0.1) is 0 Å². The predicted molar refractivity (Wildman–Crippen MR) is 88.6 cm³/mol.